The Bertz CT molecular complexity index is 501. The zero-order valence-electron chi connectivity index (χ0n) is 11.0. The first-order valence-corrected chi connectivity index (χ1v) is 7.43. The molecule has 0 spiro atoms. The lowest BCUT2D eigenvalue weighted by Gasteiger charge is -2.06. The number of hydrogen-bond donors (Lipinski definition) is 1. The van der Waals surface area contributed by atoms with Gasteiger partial charge in [0.1, 0.15) is 5.69 Å². The summed E-state index contributed by atoms with van der Waals surface area (Å²) in [7, 11) is 0. The number of aliphatic hydroxyl groups is 1. The zero-order chi connectivity index (χ0) is 13.5. The van der Waals surface area contributed by atoms with Crippen LogP contribution < -0.4 is 0 Å². The van der Waals surface area contributed by atoms with Gasteiger partial charge in [-0.25, -0.2) is 0 Å². The number of pyridine rings is 1. The highest BCUT2D eigenvalue weighted by molar-refractivity contribution is 7.99. The number of rotatable bonds is 7. The molecule has 0 fully saturated rings. The SMILES string of the molecule is CCn1c(SCCCCO)nnc1-c1ccccn1. The van der Waals surface area contributed by atoms with E-state index in [1.54, 1.807) is 18.0 Å². The van der Waals surface area contributed by atoms with Crippen molar-refractivity contribution in [3.63, 3.8) is 0 Å². The minimum absolute atomic E-state index is 0.250. The number of unbranched alkanes of at least 4 members (excludes halogenated alkanes) is 1. The maximum Gasteiger partial charge on any atom is 0.191 e. The molecular formula is C13H18N4OS. The van der Waals surface area contributed by atoms with Gasteiger partial charge in [-0.1, -0.05) is 17.8 Å². The van der Waals surface area contributed by atoms with Gasteiger partial charge in [0.25, 0.3) is 0 Å². The third kappa shape index (κ3) is 3.54. The second kappa shape index (κ2) is 7.25. The molecule has 0 saturated heterocycles. The number of thioether (sulfide) groups is 1. The largest absolute Gasteiger partial charge is 0.396 e. The Morgan fingerprint density at radius 1 is 1.26 bits per heavy atom. The van der Waals surface area contributed by atoms with Crippen LogP contribution in [0.5, 0.6) is 0 Å². The fourth-order valence-electron chi connectivity index (χ4n) is 1.74. The van der Waals surface area contributed by atoms with E-state index in [2.05, 4.69) is 26.7 Å². The number of aliphatic hydroxyl groups excluding tert-OH is 1. The molecule has 0 atom stereocenters. The molecule has 0 amide bonds. The molecule has 0 bridgehead atoms. The standard InChI is InChI=1S/C13H18N4OS/c1-2-17-12(11-7-3-4-8-14-11)15-16-13(17)19-10-6-5-9-18/h3-4,7-8,18H,2,5-6,9-10H2,1H3. The summed E-state index contributed by atoms with van der Waals surface area (Å²) in [6.07, 6.45) is 3.58. The summed E-state index contributed by atoms with van der Waals surface area (Å²) in [5.41, 5.74) is 0.846. The molecule has 6 heteroatoms. The van der Waals surface area contributed by atoms with Crippen LogP contribution in [0.1, 0.15) is 19.8 Å². The highest BCUT2D eigenvalue weighted by Gasteiger charge is 2.13. The predicted octanol–water partition coefficient (Wildman–Crippen LogP) is 2.22. The Kier molecular flexibility index (Phi) is 5.35. The fraction of sp³-hybridized carbons (Fsp3) is 0.462. The summed E-state index contributed by atoms with van der Waals surface area (Å²) < 4.78 is 2.08. The molecule has 2 heterocycles. The second-order valence-electron chi connectivity index (χ2n) is 4.04. The summed E-state index contributed by atoms with van der Waals surface area (Å²) in [5, 5.41) is 18.2. The molecule has 0 aliphatic rings. The highest BCUT2D eigenvalue weighted by atomic mass is 32.2. The van der Waals surface area contributed by atoms with Crippen molar-refractivity contribution >= 4 is 11.8 Å². The van der Waals surface area contributed by atoms with E-state index in [1.165, 1.54) is 0 Å². The van der Waals surface area contributed by atoms with Gasteiger partial charge in [-0.2, -0.15) is 0 Å². The lowest BCUT2D eigenvalue weighted by Crippen LogP contribution is -2.01. The minimum atomic E-state index is 0.250. The van der Waals surface area contributed by atoms with E-state index in [1.807, 2.05) is 18.2 Å². The van der Waals surface area contributed by atoms with E-state index in [-0.39, 0.29) is 6.61 Å². The van der Waals surface area contributed by atoms with E-state index >= 15 is 0 Å². The van der Waals surface area contributed by atoms with Crippen molar-refractivity contribution in [1.29, 1.82) is 0 Å². The summed E-state index contributed by atoms with van der Waals surface area (Å²) in [6, 6.07) is 5.78. The second-order valence-corrected chi connectivity index (χ2v) is 5.11. The maximum atomic E-state index is 8.77. The maximum absolute atomic E-state index is 8.77. The predicted molar refractivity (Wildman–Crippen MR) is 76.0 cm³/mol. The molecule has 5 nitrogen and oxygen atoms in total. The van der Waals surface area contributed by atoms with Crippen LogP contribution in [-0.2, 0) is 6.54 Å². The molecule has 0 aromatic carbocycles. The molecule has 0 radical (unpaired) electrons. The topological polar surface area (TPSA) is 63.8 Å². The smallest absolute Gasteiger partial charge is 0.191 e. The van der Waals surface area contributed by atoms with E-state index in [4.69, 9.17) is 5.11 Å². The van der Waals surface area contributed by atoms with Gasteiger partial charge in [0.15, 0.2) is 11.0 Å². The van der Waals surface area contributed by atoms with Crippen LogP contribution in [0.15, 0.2) is 29.6 Å². The van der Waals surface area contributed by atoms with Crippen molar-refractivity contribution in [3.8, 4) is 11.5 Å². The van der Waals surface area contributed by atoms with Crippen LogP contribution in [0.25, 0.3) is 11.5 Å². The summed E-state index contributed by atoms with van der Waals surface area (Å²) in [5.74, 6) is 1.76. The van der Waals surface area contributed by atoms with Gasteiger partial charge < -0.3 is 9.67 Å². The molecular weight excluding hydrogens is 260 g/mol. The lowest BCUT2D eigenvalue weighted by atomic mass is 10.3. The Morgan fingerprint density at radius 3 is 2.84 bits per heavy atom. The Morgan fingerprint density at radius 2 is 2.16 bits per heavy atom. The van der Waals surface area contributed by atoms with Crippen LogP contribution in [0.4, 0.5) is 0 Å². The molecule has 1 N–H and O–H groups in total. The highest BCUT2D eigenvalue weighted by Crippen LogP contribution is 2.23. The quantitative estimate of drug-likeness (QED) is 0.621. The zero-order valence-corrected chi connectivity index (χ0v) is 11.8. The van der Waals surface area contributed by atoms with Gasteiger partial charge in [-0.3, -0.25) is 4.98 Å². The van der Waals surface area contributed by atoms with Crippen molar-refractivity contribution in [2.24, 2.45) is 0 Å². The van der Waals surface area contributed by atoms with Crippen LogP contribution in [0.2, 0.25) is 0 Å². The van der Waals surface area contributed by atoms with Crippen molar-refractivity contribution in [3.05, 3.63) is 24.4 Å². The molecule has 2 rings (SSSR count). The summed E-state index contributed by atoms with van der Waals surface area (Å²) in [6.45, 7) is 3.15. The first kappa shape index (κ1) is 14.0. The number of hydrogen-bond acceptors (Lipinski definition) is 5. The van der Waals surface area contributed by atoms with E-state index in [9.17, 15) is 0 Å². The van der Waals surface area contributed by atoms with E-state index in [0.29, 0.717) is 0 Å². The van der Waals surface area contributed by atoms with E-state index in [0.717, 1.165) is 41.8 Å². The molecule has 0 aliphatic heterocycles. The monoisotopic (exact) mass is 278 g/mol. The van der Waals surface area contributed by atoms with Crippen LogP contribution in [-0.4, -0.2) is 37.2 Å². The van der Waals surface area contributed by atoms with Crippen molar-refractivity contribution in [2.75, 3.05) is 12.4 Å². The van der Waals surface area contributed by atoms with E-state index < -0.39 is 0 Å². The third-order valence-corrected chi connectivity index (χ3v) is 3.76. The summed E-state index contributed by atoms with van der Waals surface area (Å²) >= 11 is 1.68. The molecule has 0 unspecified atom stereocenters. The lowest BCUT2D eigenvalue weighted by molar-refractivity contribution is 0.287. The molecule has 2 aromatic rings. The third-order valence-electron chi connectivity index (χ3n) is 2.71. The Labute approximate surface area is 117 Å². The van der Waals surface area contributed by atoms with Gasteiger partial charge in [0.05, 0.1) is 0 Å². The number of aromatic nitrogens is 4. The molecule has 2 aromatic heterocycles. The molecule has 0 aliphatic carbocycles. The average molecular weight is 278 g/mol. The normalized spacial score (nSPS) is 10.8. The Hall–Kier alpha value is -1.40. The van der Waals surface area contributed by atoms with Crippen molar-refractivity contribution in [2.45, 2.75) is 31.5 Å². The van der Waals surface area contributed by atoms with Gasteiger partial charge in [-0.05, 0) is 31.9 Å². The number of nitrogens with zero attached hydrogens (tertiary/aromatic N) is 4. The van der Waals surface area contributed by atoms with Gasteiger partial charge >= 0.3 is 0 Å². The van der Waals surface area contributed by atoms with Gasteiger partial charge in [0.2, 0.25) is 0 Å². The van der Waals surface area contributed by atoms with Crippen molar-refractivity contribution in [1.82, 2.24) is 19.7 Å². The van der Waals surface area contributed by atoms with Crippen LogP contribution in [0.3, 0.4) is 0 Å². The molecule has 0 saturated carbocycles. The van der Waals surface area contributed by atoms with Gasteiger partial charge in [0, 0.05) is 25.1 Å². The summed E-state index contributed by atoms with van der Waals surface area (Å²) in [4.78, 5) is 4.31. The molecule has 19 heavy (non-hydrogen) atoms. The van der Waals surface area contributed by atoms with Crippen LogP contribution >= 0.6 is 11.8 Å². The van der Waals surface area contributed by atoms with Crippen LogP contribution in [0, 0.1) is 0 Å². The van der Waals surface area contributed by atoms with Gasteiger partial charge in [-0.15, -0.1) is 10.2 Å². The average Bonchev–Trinajstić information content (AvgIpc) is 2.87. The first-order valence-electron chi connectivity index (χ1n) is 6.45. The van der Waals surface area contributed by atoms with Crippen molar-refractivity contribution < 1.29 is 5.11 Å². The minimum Gasteiger partial charge on any atom is -0.396 e. The first-order chi connectivity index (χ1) is 9.36. The fourth-order valence-corrected chi connectivity index (χ4v) is 2.74. The Balaban J connectivity index is 2.12. The molecule has 102 valence electrons.